The van der Waals surface area contributed by atoms with E-state index in [0.29, 0.717) is 23.1 Å². The molecule has 0 saturated heterocycles. The van der Waals surface area contributed by atoms with Gasteiger partial charge in [0.25, 0.3) is 5.91 Å². The minimum absolute atomic E-state index is 0.101. The van der Waals surface area contributed by atoms with Gasteiger partial charge in [-0.2, -0.15) is 0 Å². The van der Waals surface area contributed by atoms with Crippen LogP contribution in [0.15, 0.2) is 50.6 Å². The Morgan fingerprint density at radius 1 is 1.16 bits per heavy atom. The number of fused-ring (bicyclic) bond motifs is 1. The third kappa shape index (κ3) is 3.53. The summed E-state index contributed by atoms with van der Waals surface area (Å²) in [4.78, 5) is 42.0. The van der Waals surface area contributed by atoms with Gasteiger partial charge in [-0.25, -0.2) is 0 Å². The molecule has 1 amide bonds. The van der Waals surface area contributed by atoms with Gasteiger partial charge in [0.05, 0.1) is 23.3 Å². The fraction of sp³-hybridized carbons (Fsp3) is 0.235. The average Bonchev–Trinajstić information content (AvgIpc) is 3.09. The Morgan fingerprint density at radius 2 is 1.88 bits per heavy atom. The quantitative estimate of drug-likeness (QED) is 0.595. The number of H-pyrrole nitrogens is 2. The monoisotopic (exact) mass is 342 g/mol. The van der Waals surface area contributed by atoms with Gasteiger partial charge in [-0.3, -0.25) is 19.3 Å². The van der Waals surface area contributed by atoms with E-state index >= 15 is 0 Å². The Labute approximate surface area is 142 Å². The number of aromatic amines is 2. The number of nitrogens with one attached hydrogen (secondary N) is 3. The van der Waals surface area contributed by atoms with Gasteiger partial charge in [0, 0.05) is 12.1 Å². The van der Waals surface area contributed by atoms with E-state index < -0.39 is 11.1 Å². The molecule has 0 radical (unpaired) electrons. The van der Waals surface area contributed by atoms with E-state index in [2.05, 4.69) is 15.3 Å². The molecule has 2 heterocycles. The van der Waals surface area contributed by atoms with E-state index in [1.54, 1.807) is 24.5 Å². The smallest absolute Gasteiger partial charge is 0.314 e. The van der Waals surface area contributed by atoms with E-state index in [-0.39, 0.29) is 11.9 Å². The molecular weight excluding hydrogens is 324 g/mol. The summed E-state index contributed by atoms with van der Waals surface area (Å²) in [6.45, 7) is 0.361. The topological polar surface area (TPSA) is 111 Å². The van der Waals surface area contributed by atoms with Gasteiger partial charge in [0.2, 0.25) is 0 Å². The van der Waals surface area contributed by atoms with Crippen LogP contribution < -0.4 is 16.4 Å². The molecule has 0 bridgehead atoms. The van der Waals surface area contributed by atoms with Gasteiger partial charge in [-0.1, -0.05) is 0 Å². The van der Waals surface area contributed by atoms with E-state index in [4.69, 9.17) is 4.42 Å². The van der Waals surface area contributed by atoms with Gasteiger partial charge in [0.15, 0.2) is 0 Å². The first-order chi connectivity index (χ1) is 12.0. The molecule has 1 atom stereocenters. The molecule has 0 unspecified atom stereocenters. The molecule has 1 aromatic carbocycles. The number of hydrogen-bond acceptors (Lipinski definition) is 5. The number of likely N-dealkylation sites (N-methyl/N-ethyl adjacent to an activating group) is 1. The molecule has 0 spiro atoms. The van der Waals surface area contributed by atoms with Crippen molar-refractivity contribution in [3.63, 3.8) is 0 Å². The number of benzene rings is 1. The maximum atomic E-state index is 12.4. The predicted octanol–water partition coefficient (Wildman–Crippen LogP) is 0.842. The molecule has 0 fully saturated rings. The second-order valence-electron chi connectivity index (χ2n) is 5.87. The van der Waals surface area contributed by atoms with Crippen molar-refractivity contribution in [2.24, 2.45) is 0 Å². The van der Waals surface area contributed by atoms with E-state index in [0.717, 1.165) is 5.76 Å². The number of carbonyl (C=O) groups excluding carboxylic acids is 1. The van der Waals surface area contributed by atoms with Crippen LogP contribution in [0.1, 0.15) is 22.2 Å². The van der Waals surface area contributed by atoms with Crippen molar-refractivity contribution >= 4 is 16.9 Å². The molecule has 25 heavy (non-hydrogen) atoms. The molecular formula is C17H18N4O4. The summed E-state index contributed by atoms with van der Waals surface area (Å²) >= 11 is 0. The number of nitrogens with zero attached hydrogens (tertiary/aromatic N) is 1. The zero-order valence-corrected chi connectivity index (χ0v) is 13.8. The number of aromatic nitrogens is 2. The fourth-order valence-electron chi connectivity index (χ4n) is 2.57. The predicted molar refractivity (Wildman–Crippen MR) is 92.7 cm³/mol. The molecule has 0 aliphatic heterocycles. The Kier molecular flexibility index (Phi) is 4.53. The van der Waals surface area contributed by atoms with Gasteiger partial charge < -0.3 is 19.7 Å². The summed E-state index contributed by atoms with van der Waals surface area (Å²) in [5, 5.41) is 2.85. The maximum Gasteiger partial charge on any atom is 0.314 e. The lowest BCUT2D eigenvalue weighted by Gasteiger charge is -2.22. The molecule has 3 rings (SSSR count). The van der Waals surface area contributed by atoms with E-state index in [1.807, 2.05) is 25.1 Å². The van der Waals surface area contributed by atoms with Crippen LogP contribution in [0.25, 0.3) is 11.0 Å². The van der Waals surface area contributed by atoms with Crippen LogP contribution in [0.4, 0.5) is 0 Å². The molecule has 0 saturated carbocycles. The van der Waals surface area contributed by atoms with Crippen LogP contribution in [0, 0.1) is 0 Å². The fourth-order valence-corrected chi connectivity index (χ4v) is 2.57. The molecule has 0 aliphatic rings. The normalized spacial score (nSPS) is 12.4. The highest BCUT2D eigenvalue weighted by Crippen LogP contribution is 2.18. The van der Waals surface area contributed by atoms with Crippen LogP contribution in [-0.4, -0.2) is 41.4 Å². The Balaban J connectivity index is 1.79. The largest absolute Gasteiger partial charge is 0.468 e. The Morgan fingerprint density at radius 3 is 2.52 bits per heavy atom. The first-order valence-corrected chi connectivity index (χ1v) is 7.70. The highest BCUT2D eigenvalue weighted by atomic mass is 16.3. The third-order valence-corrected chi connectivity index (χ3v) is 3.94. The zero-order valence-electron chi connectivity index (χ0n) is 13.8. The van der Waals surface area contributed by atoms with Crippen molar-refractivity contribution in [3.05, 3.63) is 68.6 Å². The highest BCUT2D eigenvalue weighted by Gasteiger charge is 2.18. The standard InChI is InChI=1S/C17H18N4O4/c1-21(2)13(14-4-3-7-25-14)9-18-15(22)10-5-6-11-12(8-10)20-17(24)16(23)19-11/h3-8,13H,9H2,1-2H3,(H,18,22)(H,19,23)(H,20,24)/t13-/m0/s1. The molecule has 0 aliphatic carbocycles. The summed E-state index contributed by atoms with van der Waals surface area (Å²) in [7, 11) is 3.80. The third-order valence-electron chi connectivity index (χ3n) is 3.94. The van der Waals surface area contributed by atoms with Crippen LogP contribution in [-0.2, 0) is 0 Å². The molecule has 3 aromatic rings. The van der Waals surface area contributed by atoms with Crippen molar-refractivity contribution in [1.82, 2.24) is 20.2 Å². The summed E-state index contributed by atoms with van der Waals surface area (Å²) in [6, 6.07) is 8.25. The molecule has 8 nitrogen and oxygen atoms in total. The van der Waals surface area contributed by atoms with Gasteiger partial charge in [-0.15, -0.1) is 0 Å². The van der Waals surface area contributed by atoms with Crippen molar-refractivity contribution in [1.29, 1.82) is 0 Å². The van der Waals surface area contributed by atoms with E-state index in [9.17, 15) is 14.4 Å². The SMILES string of the molecule is CN(C)[C@@H](CNC(=O)c1ccc2[nH]c(=O)c(=O)[nH]c2c1)c1ccco1. The van der Waals surface area contributed by atoms with Crippen molar-refractivity contribution in [3.8, 4) is 0 Å². The van der Waals surface area contributed by atoms with Crippen molar-refractivity contribution in [2.75, 3.05) is 20.6 Å². The maximum absolute atomic E-state index is 12.4. The minimum Gasteiger partial charge on any atom is -0.468 e. The van der Waals surface area contributed by atoms with Crippen LogP contribution in [0.2, 0.25) is 0 Å². The lowest BCUT2D eigenvalue weighted by molar-refractivity contribution is 0.0939. The summed E-state index contributed by atoms with van der Waals surface area (Å²) in [5.74, 6) is 0.470. The van der Waals surface area contributed by atoms with E-state index in [1.165, 1.54) is 6.07 Å². The van der Waals surface area contributed by atoms with Gasteiger partial charge in [0.1, 0.15) is 5.76 Å². The first kappa shape index (κ1) is 16.7. The molecule has 8 heteroatoms. The minimum atomic E-state index is -0.754. The highest BCUT2D eigenvalue weighted by molar-refractivity contribution is 5.97. The molecule has 2 aromatic heterocycles. The Bertz CT molecular complexity index is 1000. The first-order valence-electron chi connectivity index (χ1n) is 7.70. The van der Waals surface area contributed by atoms with Gasteiger partial charge in [-0.05, 0) is 44.4 Å². The average molecular weight is 342 g/mol. The van der Waals surface area contributed by atoms with Crippen LogP contribution in [0.3, 0.4) is 0 Å². The van der Waals surface area contributed by atoms with Crippen molar-refractivity contribution in [2.45, 2.75) is 6.04 Å². The summed E-state index contributed by atoms with van der Waals surface area (Å²) < 4.78 is 5.41. The second-order valence-corrected chi connectivity index (χ2v) is 5.87. The zero-order chi connectivity index (χ0) is 18.0. The number of furan rings is 1. The number of rotatable bonds is 5. The molecule has 3 N–H and O–H groups in total. The van der Waals surface area contributed by atoms with Gasteiger partial charge >= 0.3 is 11.1 Å². The molecule has 130 valence electrons. The summed E-state index contributed by atoms with van der Waals surface area (Å²) in [6.07, 6.45) is 1.59. The summed E-state index contributed by atoms with van der Waals surface area (Å²) in [5.41, 5.74) is -0.241. The lowest BCUT2D eigenvalue weighted by Crippen LogP contribution is -2.34. The number of hydrogen-bond donors (Lipinski definition) is 3. The lowest BCUT2D eigenvalue weighted by atomic mass is 10.1. The van der Waals surface area contributed by atoms with Crippen LogP contribution >= 0.6 is 0 Å². The van der Waals surface area contributed by atoms with Crippen LogP contribution in [0.5, 0.6) is 0 Å². The Hall–Kier alpha value is -3.13. The second kappa shape index (κ2) is 6.78. The van der Waals surface area contributed by atoms with Crippen molar-refractivity contribution < 1.29 is 9.21 Å². The number of amides is 1. The number of carbonyl (C=O) groups is 1.